The number of benzene rings is 3. The van der Waals surface area contributed by atoms with Crippen LogP contribution in [0.4, 0.5) is 13.9 Å². The fraction of sp³-hybridized carbons (Fsp3) is 0.0800. The number of hydrogen-bond donors (Lipinski definition) is 2. The molecular weight excluding hydrogens is 549 g/mol. The number of amides is 1. The zero-order valence-electron chi connectivity index (χ0n) is 18.6. The van der Waals surface area contributed by atoms with Gasteiger partial charge in [0.2, 0.25) is 0 Å². The van der Waals surface area contributed by atoms with E-state index >= 15 is 0 Å². The van der Waals surface area contributed by atoms with Gasteiger partial charge in [0.25, 0.3) is 5.78 Å². The van der Waals surface area contributed by atoms with Crippen molar-refractivity contribution in [1.29, 1.82) is 0 Å². The third-order valence-corrected chi connectivity index (χ3v) is 7.23. The maximum absolute atomic E-state index is 14.4. The van der Waals surface area contributed by atoms with Crippen molar-refractivity contribution >= 4 is 67.3 Å². The second-order valence-corrected chi connectivity index (χ2v) is 9.81. The molecule has 7 nitrogen and oxygen atoms in total. The highest BCUT2D eigenvalue weighted by atomic mass is 35.5. The fourth-order valence-corrected chi connectivity index (χ4v) is 5.74. The molecule has 1 atom stereocenters. The van der Waals surface area contributed by atoms with Crippen LogP contribution in [-0.4, -0.2) is 34.0 Å². The second-order valence-electron chi connectivity index (χ2n) is 7.96. The number of aromatic nitrogens is 1. The van der Waals surface area contributed by atoms with Crippen LogP contribution in [0.2, 0.25) is 10.0 Å². The van der Waals surface area contributed by atoms with Gasteiger partial charge in [-0.1, -0.05) is 46.7 Å². The van der Waals surface area contributed by atoms with Crippen molar-refractivity contribution in [2.75, 3.05) is 12.0 Å². The quantitative estimate of drug-likeness (QED) is 0.174. The highest BCUT2D eigenvalue weighted by molar-refractivity contribution is 7.22. The van der Waals surface area contributed by atoms with Crippen molar-refractivity contribution in [2.24, 2.45) is 0 Å². The molecule has 4 aromatic rings. The van der Waals surface area contributed by atoms with E-state index < -0.39 is 35.1 Å². The van der Waals surface area contributed by atoms with Crippen molar-refractivity contribution in [3.63, 3.8) is 0 Å². The average Bonchev–Trinajstić information content (AvgIpc) is 3.37. The Hall–Kier alpha value is -3.73. The number of phenolic OH excluding ortho intramolecular Hbond substituents is 1. The smallest absolute Gasteiger partial charge is 0.301 e. The monoisotopic (exact) mass is 562 g/mol. The molecule has 1 aliphatic heterocycles. The van der Waals surface area contributed by atoms with E-state index in [1.54, 1.807) is 0 Å². The van der Waals surface area contributed by atoms with Crippen LogP contribution in [-0.2, 0) is 9.59 Å². The predicted molar refractivity (Wildman–Crippen MR) is 135 cm³/mol. The van der Waals surface area contributed by atoms with Crippen LogP contribution in [0, 0.1) is 11.6 Å². The Morgan fingerprint density at radius 1 is 1.11 bits per heavy atom. The van der Waals surface area contributed by atoms with Crippen LogP contribution in [0.5, 0.6) is 11.5 Å². The van der Waals surface area contributed by atoms with E-state index in [1.807, 2.05) is 0 Å². The summed E-state index contributed by atoms with van der Waals surface area (Å²) in [5, 5.41) is 21.2. The zero-order valence-corrected chi connectivity index (χ0v) is 21.0. The van der Waals surface area contributed by atoms with E-state index in [4.69, 9.17) is 27.9 Å². The van der Waals surface area contributed by atoms with Gasteiger partial charge >= 0.3 is 5.91 Å². The number of Topliss-reactive ketones (excluding diaryl/α,β-unsaturated/α-hetero) is 1. The largest absolute Gasteiger partial charge is 0.508 e. The van der Waals surface area contributed by atoms with Gasteiger partial charge in [-0.15, -0.1) is 0 Å². The summed E-state index contributed by atoms with van der Waals surface area (Å²) in [7, 11) is 1.30. The molecule has 1 amide bonds. The van der Waals surface area contributed by atoms with Gasteiger partial charge in [-0.25, -0.2) is 13.8 Å². The SMILES string of the molecule is COc1c(Cl)cc(Cl)cc1/C(O)=C1\C(=O)C(=O)N(c2nc3c(F)cc(F)cc3s2)C1c1ccc(O)cc1. The topological polar surface area (TPSA) is 100.0 Å². The molecule has 1 aromatic heterocycles. The summed E-state index contributed by atoms with van der Waals surface area (Å²) in [6, 6.07) is 8.72. The van der Waals surface area contributed by atoms with Gasteiger partial charge in [0, 0.05) is 11.1 Å². The lowest BCUT2D eigenvalue weighted by Crippen LogP contribution is -2.29. The minimum absolute atomic E-state index is 0.0109. The molecule has 2 heterocycles. The summed E-state index contributed by atoms with van der Waals surface area (Å²) in [5.41, 5.74) is -0.259. The third-order valence-electron chi connectivity index (χ3n) is 5.73. The molecule has 1 aliphatic rings. The number of ketones is 1. The molecule has 1 unspecified atom stereocenters. The van der Waals surface area contributed by atoms with E-state index in [-0.39, 0.29) is 48.0 Å². The Kier molecular flexibility index (Phi) is 6.26. The van der Waals surface area contributed by atoms with Crippen LogP contribution in [0.3, 0.4) is 0 Å². The number of ether oxygens (including phenoxy) is 1. The standard InChI is InChI=1S/C25H14Cl2F2N2O5S/c1-36-23-14(6-11(26)7-15(23)27)21(33)18-20(10-2-4-13(32)5-3-10)31(24(35)22(18)34)25-30-19-16(29)8-12(28)9-17(19)37-25/h2-9,20,32-33H,1H3/b21-18+. The van der Waals surface area contributed by atoms with Crippen LogP contribution < -0.4 is 9.64 Å². The highest BCUT2D eigenvalue weighted by Gasteiger charge is 2.48. The van der Waals surface area contributed by atoms with Crippen LogP contribution in [0.15, 0.2) is 54.1 Å². The first-order valence-corrected chi connectivity index (χ1v) is 12.1. The number of rotatable bonds is 4. The molecule has 188 valence electrons. The van der Waals surface area contributed by atoms with Crippen molar-refractivity contribution in [3.8, 4) is 11.5 Å². The Labute approximate surface area is 221 Å². The minimum atomic E-state index is -1.25. The number of carbonyl (C=O) groups is 2. The predicted octanol–water partition coefficient (Wildman–Crippen LogP) is 6.22. The average molecular weight is 563 g/mol. The minimum Gasteiger partial charge on any atom is -0.508 e. The van der Waals surface area contributed by atoms with E-state index in [2.05, 4.69) is 4.98 Å². The highest BCUT2D eigenvalue weighted by Crippen LogP contribution is 2.46. The zero-order chi connectivity index (χ0) is 26.6. The second kappa shape index (κ2) is 9.29. The number of aliphatic hydroxyl groups is 1. The number of nitrogens with zero attached hydrogens (tertiary/aromatic N) is 2. The van der Waals surface area contributed by atoms with Gasteiger partial charge in [0.15, 0.2) is 10.9 Å². The summed E-state index contributed by atoms with van der Waals surface area (Å²) in [5.74, 6) is -4.60. The first kappa shape index (κ1) is 24.9. The number of fused-ring (bicyclic) bond motifs is 1. The molecule has 1 fully saturated rings. The Morgan fingerprint density at radius 3 is 2.49 bits per heavy atom. The van der Waals surface area contributed by atoms with Gasteiger partial charge < -0.3 is 14.9 Å². The van der Waals surface area contributed by atoms with Crippen molar-refractivity contribution < 1.29 is 33.3 Å². The molecule has 0 spiro atoms. The molecule has 0 bridgehead atoms. The Morgan fingerprint density at radius 2 is 1.81 bits per heavy atom. The number of methoxy groups -OCH3 is 1. The molecule has 3 aromatic carbocycles. The molecule has 2 N–H and O–H groups in total. The maximum Gasteiger partial charge on any atom is 0.301 e. The number of carbonyl (C=O) groups excluding carboxylic acids is 2. The number of thiazole rings is 1. The molecule has 1 saturated heterocycles. The molecule has 0 saturated carbocycles. The molecule has 12 heteroatoms. The van der Waals surface area contributed by atoms with E-state index in [1.165, 1.54) is 43.5 Å². The van der Waals surface area contributed by atoms with E-state index in [0.717, 1.165) is 22.3 Å². The molecule has 0 aliphatic carbocycles. The van der Waals surface area contributed by atoms with Crippen molar-refractivity contribution in [1.82, 2.24) is 4.98 Å². The van der Waals surface area contributed by atoms with Gasteiger partial charge in [0.1, 0.15) is 28.6 Å². The molecule has 5 rings (SSSR count). The summed E-state index contributed by atoms with van der Waals surface area (Å²) in [6.07, 6.45) is 0. The number of hydrogen-bond acceptors (Lipinski definition) is 7. The lowest BCUT2D eigenvalue weighted by molar-refractivity contribution is -0.132. The van der Waals surface area contributed by atoms with Crippen molar-refractivity contribution in [2.45, 2.75) is 6.04 Å². The van der Waals surface area contributed by atoms with Gasteiger partial charge in [-0.2, -0.15) is 0 Å². The van der Waals surface area contributed by atoms with Crippen LogP contribution >= 0.6 is 34.5 Å². The third kappa shape index (κ3) is 4.16. The number of aliphatic hydroxyl groups excluding tert-OH is 1. The lowest BCUT2D eigenvalue weighted by Gasteiger charge is -2.23. The van der Waals surface area contributed by atoms with Gasteiger partial charge in [-0.05, 0) is 35.9 Å². The molecular formula is C25H14Cl2F2N2O5S. The summed E-state index contributed by atoms with van der Waals surface area (Å²) < 4.78 is 33.6. The van der Waals surface area contributed by atoms with Crippen LogP contribution in [0.1, 0.15) is 17.2 Å². The van der Waals surface area contributed by atoms with Gasteiger partial charge in [0.05, 0.1) is 34.0 Å². The first-order chi connectivity index (χ1) is 17.6. The van der Waals surface area contributed by atoms with Crippen LogP contribution in [0.25, 0.3) is 16.0 Å². The number of aromatic hydroxyl groups is 1. The Balaban J connectivity index is 1.78. The summed E-state index contributed by atoms with van der Waals surface area (Å²) >= 11 is 13.1. The fourth-order valence-electron chi connectivity index (χ4n) is 4.14. The molecule has 0 radical (unpaired) electrons. The first-order valence-electron chi connectivity index (χ1n) is 10.5. The van der Waals surface area contributed by atoms with E-state index in [0.29, 0.717) is 11.6 Å². The number of anilines is 1. The summed E-state index contributed by atoms with van der Waals surface area (Å²) in [6.45, 7) is 0. The van der Waals surface area contributed by atoms with Gasteiger partial charge in [-0.3, -0.25) is 14.5 Å². The number of phenols is 1. The lowest BCUT2D eigenvalue weighted by atomic mass is 9.95. The van der Waals surface area contributed by atoms with E-state index in [9.17, 15) is 28.6 Å². The number of halogens is 4. The summed E-state index contributed by atoms with van der Waals surface area (Å²) in [4.78, 5) is 31.8. The molecule has 37 heavy (non-hydrogen) atoms. The normalized spacial score (nSPS) is 17.1. The van der Waals surface area contributed by atoms with Crippen molar-refractivity contribution in [3.05, 3.63) is 86.9 Å². The maximum atomic E-state index is 14.4. The Bertz CT molecular complexity index is 1640.